The molecule has 0 aliphatic rings. The maximum absolute atomic E-state index is 11.3. The lowest BCUT2D eigenvalue weighted by Gasteiger charge is -2.21. The molecule has 0 radical (unpaired) electrons. The molecule has 0 aromatic carbocycles. The normalized spacial score (nSPS) is 16.2. The van der Waals surface area contributed by atoms with E-state index in [0.29, 0.717) is 6.42 Å². The maximum Gasteiger partial charge on any atom is 0.306 e. The minimum Gasteiger partial charge on any atom is -0.481 e. The van der Waals surface area contributed by atoms with Gasteiger partial charge in [0.15, 0.2) is 0 Å². The number of carbonyl (C=O) groups is 2. The van der Waals surface area contributed by atoms with E-state index in [4.69, 9.17) is 10.8 Å². The van der Waals surface area contributed by atoms with E-state index >= 15 is 0 Å². The first-order valence-electron chi connectivity index (χ1n) is 5.23. The number of nitrogens with two attached hydrogens (primary N) is 1. The molecule has 5 N–H and O–H groups in total. The third-order valence-corrected chi connectivity index (χ3v) is 2.17. The zero-order valence-electron chi connectivity index (χ0n) is 9.69. The Balaban J connectivity index is 3.94. The molecule has 2 atom stereocenters. The molecule has 0 aromatic heterocycles. The largest absolute Gasteiger partial charge is 0.481 e. The van der Waals surface area contributed by atoms with Crippen molar-refractivity contribution in [2.45, 2.75) is 44.8 Å². The van der Waals surface area contributed by atoms with E-state index in [1.165, 1.54) is 6.92 Å². The summed E-state index contributed by atoms with van der Waals surface area (Å²) in [4.78, 5) is 21.7. The predicted molar refractivity (Wildman–Crippen MR) is 58.8 cm³/mol. The fourth-order valence-corrected chi connectivity index (χ4v) is 1.13. The molecule has 0 fully saturated rings. The lowest BCUT2D eigenvalue weighted by molar-refractivity contribution is -0.142. The summed E-state index contributed by atoms with van der Waals surface area (Å²) < 4.78 is 0. The highest BCUT2D eigenvalue weighted by Crippen LogP contribution is 2.07. The van der Waals surface area contributed by atoms with Crippen molar-refractivity contribution < 1.29 is 19.8 Å². The van der Waals surface area contributed by atoms with Gasteiger partial charge in [0.05, 0.1) is 12.0 Å². The number of hydrogen-bond acceptors (Lipinski definition) is 4. The highest BCUT2D eigenvalue weighted by Gasteiger charge is 2.24. The monoisotopic (exact) mass is 232 g/mol. The van der Waals surface area contributed by atoms with Crippen molar-refractivity contribution in [1.82, 2.24) is 5.32 Å². The first-order valence-corrected chi connectivity index (χ1v) is 5.23. The molecule has 0 aromatic rings. The average molecular weight is 232 g/mol. The summed E-state index contributed by atoms with van der Waals surface area (Å²) in [5.74, 6) is -1.38. The molecule has 0 saturated carbocycles. The van der Waals surface area contributed by atoms with E-state index < -0.39 is 18.0 Å². The lowest BCUT2D eigenvalue weighted by atomic mass is 10.0. The van der Waals surface area contributed by atoms with Gasteiger partial charge in [-0.1, -0.05) is 6.92 Å². The predicted octanol–water partition coefficient (Wildman–Crippen LogP) is -0.544. The molecule has 6 nitrogen and oxygen atoms in total. The van der Waals surface area contributed by atoms with E-state index in [1.807, 2.05) is 6.92 Å². The SMILES string of the molecule is CCC(N)CC(=O)NCC(C)(O)CC(=O)O. The summed E-state index contributed by atoms with van der Waals surface area (Å²) in [6, 6.07) is -0.204. The number of hydrogen-bond donors (Lipinski definition) is 4. The number of carboxylic acid groups (broad SMARTS) is 1. The fourth-order valence-electron chi connectivity index (χ4n) is 1.13. The quantitative estimate of drug-likeness (QED) is 0.470. The van der Waals surface area contributed by atoms with Gasteiger partial charge in [-0.25, -0.2) is 0 Å². The molecule has 2 unspecified atom stereocenters. The van der Waals surface area contributed by atoms with Crippen LogP contribution in [0.1, 0.15) is 33.1 Å². The average Bonchev–Trinajstić information content (AvgIpc) is 2.13. The van der Waals surface area contributed by atoms with Gasteiger partial charge in [0.2, 0.25) is 5.91 Å². The van der Waals surface area contributed by atoms with E-state index in [0.717, 1.165) is 0 Å². The smallest absolute Gasteiger partial charge is 0.306 e. The molecule has 0 spiro atoms. The van der Waals surface area contributed by atoms with Crippen LogP contribution in [-0.2, 0) is 9.59 Å². The van der Waals surface area contributed by atoms with Crippen LogP contribution in [0.4, 0.5) is 0 Å². The number of amides is 1. The Kier molecular flexibility index (Phi) is 5.98. The van der Waals surface area contributed by atoms with Crippen molar-refractivity contribution in [2.75, 3.05) is 6.54 Å². The zero-order chi connectivity index (χ0) is 12.8. The van der Waals surface area contributed by atoms with Crippen LogP contribution in [0, 0.1) is 0 Å². The fraction of sp³-hybridized carbons (Fsp3) is 0.800. The summed E-state index contributed by atoms with van der Waals surface area (Å²) in [7, 11) is 0. The Morgan fingerprint density at radius 2 is 2.06 bits per heavy atom. The Labute approximate surface area is 94.8 Å². The summed E-state index contributed by atoms with van der Waals surface area (Å²) in [6.07, 6.45) is 0.464. The topological polar surface area (TPSA) is 113 Å². The van der Waals surface area contributed by atoms with Crippen LogP contribution in [0.3, 0.4) is 0 Å². The van der Waals surface area contributed by atoms with E-state index in [2.05, 4.69) is 5.32 Å². The number of aliphatic carboxylic acids is 1. The minimum absolute atomic E-state index is 0.0887. The molecule has 0 heterocycles. The molecule has 0 aliphatic heterocycles. The summed E-state index contributed by atoms with van der Waals surface area (Å²) in [5, 5.41) is 20.6. The van der Waals surface area contributed by atoms with Gasteiger partial charge < -0.3 is 21.3 Å². The molecule has 1 amide bonds. The number of carbonyl (C=O) groups excluding carboxylic acids is 1. The van der Waals surface area contributed by atoms with Gasteiger partial charge in [-0.3, -0.25) is 9.59 Å². The van der Waals surface area contributed by atoms with Crippen molar-refractivity contribution in [3.8, 4) is 0 Å². The number of aliphatic hydroxyl groups is 1. The van der Waals surface area contributed by atoms with Crippen LogP contribution in [0.25, 0.3) is 0 Å². The van der Waals surface area contributed by atoms with E-state index in [-0.39, 0.29) is 24.9 Å². The second-order valence-electron chi connectivity index (χ2n) is 4.22. The zero-order valence-corrected chi connectivity index (χ0v) is 9.69. The van der Waals surface area contributed by atoms with Crippen molar-refractivity contribution in [1.29, 1.82) is 0 Å². The van der Waals surface area contributed by atoms with Crippen molar-refractivity contribution in [2.24, 2.45) is 5.73 Å². The summed E-state index contributed by atoms with van der Waals surface area (Å²) in [5.41, 5.74) is 4.14. The lowest BCUT2D eigenvalue weighted by Crippen LogP contribution is -2.43. The van der Waals surface area contributed by atoms with Gasteiger partial charge in [-0.05, 0) is 13.3 Å². The van der Waals surface area contributed by atoms with E-state index in [1.54, 1.807) is 0 Å². The molecule has 0 saturated heterocycles. The van der Waals surface area contributed by atoms with Crippen LogP contribution >= 0.6 is 0 Å². The standard InChI is InChI=1S/C10H20N2O4/c1-3-7(11)4-8(13)12-6-10(2,16)5-9(14)15/h7,16H,3-6,11H2,1-2H3,(H,12,13)(H,14,15). The maximum atomic E-state index is 11.3. The Bertz CT molecular complexity index is 253. The minimum atomic E-state index is -1.43. The Hall–Kier alpha value is -1.14. The number of carboxylic acids is 1. The van der Waals surface area contributed by atoms with Gasteiger partial charge >= 0.3 is 5.97 Å². The molecule has 0 rings (SSSR count). The van der Waals surface area contributed by atoms with E-state index in [9.17, 15) is 14.7 Å². The first-order chi connectivity index (χ1) is 7.26. The van der Waals surface area contributed by atoms with Gasteiger partial charge in [-0.15, -0.1) is 0 Å². The van der Waals surface area contributed by atoms with Crippen LogP contribution < -0.4 is 11.1 Å². The van der Waals surface area contributed by atoms with Gasteiger partial charge in [-0.2, -0.15) is 0 Å². The molecular formula is C10H20N2O4. The Morgan fingerprint density at radius 3 is 2.50 bits per heavy atom. The van der Waals surface area contributed by atoms with Crippen molar-refractivity contribution >= 4 is 11.9 Å². The van der Waals surface area contributed by atoms with Gasteiger partial charge in [0.1, 0.15) is 0 Å². The molecule has 16 heavy (non-hydrogen) atoms. The second-order valence-corrected chi connectivity index (χ2v) is 4.22. The van der Waals surface area contributed by atoms with Gasteiger partial charge in [0.25, 0.3) is 0 Å². The number of rotatable bonds is 7. The molecule has 0 bridgehead atoms. The molecular weight excluding hydrogens is 212 g/mol. The summed E-state index contributed by atoms with van der Waals surface area (Å²) in [6.45, 7) is 3.15. The van der Waals surface area contributed by atoms with Crippen molar-refractivity contribution in [3.63, 3.8) is 0 Å². The second kappa shape index (κ2) is 6.44. The van der Waals surface area contributed by atoms with Crippen LogP contribution in [0.5, 0.6) is 0 Å². The molecule has 0 aliphatic carbocycles. The molecule has 94 valence electrons. The van der Waals surface area contributed by atoms with Crippen LogP contribution in [0.2, 0.25) is 0 Å². The third-order valence-electron chi connectivity index (χ3n) is 2.17. The molecule has 6 heteroatoms. The first kappa shape index (κ1) is 14.9. The third kappa shape index (κ3) is 7.19. The highest BCUT2D eigenvalue weighted by molar-refractivity contribution is 5.76. The van der Waals surface area contributed by atoms with Gasteiger partial charge in [0, 0.05) is 19.0 Å². The van der Waals surface area contributed by atoms with Crippen LogP contribution in [0.15, 0.2) is 0 Å². The van der Waals surface area contributed by atoms with Crippen molar-refractivity contribution in [3.05, 3.63) is 0 Å². The summed E-state index contributed by atoms with van der Waals surface area (Å²) >= 11 is 0. The number of nitrogens with one attached hydrogen (secondary N) is 1. The Morgan fingerprint density at radius 1 is 1.50 bits per heavy atom. The highest BCUT2D eigenvalue weighted by atomic mass is 16.4. The van der Waals surface area contributed by atoms with Crippen LogP contribution in [-0.4, -0.2) is 40.3 Å².